The summed E-state index contributed by atoms with van der Waals surface area (Å²) in [4.78, 5) is 13.4. The molecule has 148 valence electrons. The SMILES string of the molecule is CCn1c(Cc2cccs2)nnc1SCC(=O)Nc1ccc(S(N)(=O)=O)cc1. The Morgan fingerprint density at radius 1 is 1.25 bits per heavy atom. The quantitative estimate of drug-likeness (QED) is 0.522. The molecule has 0 aliphatic rings. The van der Waals surface area contributed by atoms with E-state index in [9.17, 15) is 13.2 Å². The molecule has 0 atom stereocenters. The average Bonchev–Trinajstić information content (AvgIpc) is 3.29. The normalized spacial score (nSPS) is 11.5. The molecule has 8 nitrogen and oxygen atoms in total. The fraction of sp³-hybridized carbons (Fsp3) is 0.235. The first-order valence-corrected chi connectivity index (χ1v) is 11.8. The minimum absolute atomic E-state index is 0.00538. The van der Waals surface area contributed by atoms with Gasteiger partial charge in [0.2, 0.25) is 15.9 Å². The number of nitrogens with two attached hydrogens (primary N) is 1. The molecular weight excluding hydrogens is 418 g/mol. The number of carbonyl (C=O) groups excluding carboxylic acids is 1. The van der Waals surface area contributed by atoms with Crippen molar-refractivity contribution in [2.45, 2.75) is 29.9 Å². The van der Waals surface area contributed by atoms with Gasteiger partial charge in [-0.25, -0.2) is 13.6 Å². The van der Waals surface area contributed by atoms with Crippen molar-refractivity contribution < 1.29 is 13.2 Å². The fourth-order valence-corrected chi connectivity index (χ4v) is 4.54. The summed E-state index contributed by atoms with van der Waals surface area (Å²) in [6, 6.07) is 9.75. The van der Waals surface area contributed by atoms with Crippen LogP contribution in [-0.4, -0.2) is 34.8 Å². The monoisotopic (exact) mass is 437 g/mol. The number of thioether (sulfide) groups is 1. The largest absolute Gasteiger partial charge is 0.325 e. The van der Waals surface area contributed by atoms with Crippen molar-refractivity contribution >= 4 is 44.7 Å². The summed E-state index contributed by atoms with van der Waals surface area (Å²) < 4.78 is 24.5. The molecule has 28 heavy (non-hydrogen) atoms. The van der Waals surface area contributed by atoms with Crippen LogP contribution >= 0.6 is 23.1 Å². The first-order valence-electron chi connectivity index (χ1n) is 8.37. The standard InChI is InChI=1S/C17H19N5O3S3/c1-2-22-15(10-13-4-3-9-26-13)20-21-17(22)27-11-16(23)19-12-5-7-14(8-6-12)28(18,24)25/h3-9H,2,10-11H2,1H3,(H,19,23)(H2,18,24,25). The summed E-state index contributed by atoms with van der Waals surface area (Å²) in [6.07, 6.45) is 0.710. The lowest BCUT2D eigenvalue weighted by Crippen LogP contribution is -2.15. The Morgan fingerprint density at radius 3 is 2.61 bits per heavy atom. The Balaban J connectivity index is 1.59. The molecule has 0 saturated carbocycles. The smallest absolute Gasteiger partial charge is 0.238 e. The van der Waals surface area contributed by atoms with Crippen LogP contribution in [0.25, 0.3) is 0 Å². The zero-order valence-electron chi connectivity index (χ0n) is 15.0. The molecule has 0 radical (unpaired) electrons. The van der Waals surface area contributed by atoms with Crippen molar-refractivity contribution in [2.75, 3.05) is 11.1 Å². The topological polar surface area (TPSA) is 120 Å². The lowest BCUT2D eigenvalue weighted by atomic mass is 10.3. The average molecular weight is 438 g/mol. The van der Waals surface area contributed by atoms with Crippen LogP contribution in [0.15, 0.2) is 51.8 Å². The number of carbonyl (C=O) groups is 1. The predicted molar refractivity (Wildman–Crippen MR) is 110 cm³/mol. The number of anilines is 1. The molecule has 0 aliphatic heterocycles. The molecule has 0 aliphatic carbocycles. The van der Waals surface area contributed by atoms with Gasteiger partial charge in [0.05, 0.1) is 10.6 Å². The Bertz CT molecular complexity index is 1040. The number of benzene rings is 1. The van der Waals surface area contributed by atoms with Crippen LogP contribution in [0.1, 0.15) is 17.6 Å². The number of nitrogens with zero attached hydrogens (tertiary/aromatic N) is 3. The third-order valence-corrected chi connectivity index (χ3v) is 6.59. The van der Waals surface area contributed by atoms with Gasteiger partial charge in [-0.05, 0) is 42.6 Å². The summed E-state index contributed by atoms with van der Waals surface area (Å²) in [7, 11) is -3.75. The van der Waals surface area contributed by atoms with E-state index in [1.807, 2.05) is 22.9 Å². The Labute approximate surface area is 171 Å². The van der Waals surface area contributed by atoms with Crippen LogP contribution < -0.4 is 10.5 Å². The summed E-state index contributed by atoms with van der Waals surface area (Å²) >= 11 is 2.98. The molecule has 3 aromatic rings. The predicted octanol–water partition coefficient (Wildman–Crippen LogP) is 2.33. The van der Waals surface area contributed by atoms with Gasteiger partial charge < -0.3 is 9.88 Å². The van der Waals surface area contributed by atoms with Crippen molar-refractivity contribution in [1.82, 2.24) is 14.8 Å². The second kappa shape index (κ2) is 8.86. The first-order chi connectivity index (χ1) is 13.4. The van der Waals surface area contributed by atoms with E-state index in [2.05, 4.69) is 21.6 Å². The number of aromatic nitrogens is 3. The van der Waals surface area contributed by atoms with Gasteiger partial charge in [-0.1, -0.05) is 17.8 Å². The van der Waals surface area contributed by atoms with Gasteiger partial charge >= 0.3 is 0 Å². The van der Waals surface area contributed by atoms with E-state index >= 15 is 0 Å². The van der Waals surface area contributed by atoms with Crippen LogP contribution in [0.2, 0.25) is 0 Å². The molecule has 11 heteroatoms. The Hall–Kier alpha value is -2.21. The highest BCUT2D eigenvalue weighted by molar-refractivity contribution is 7.99. The van der Waals surface area contributed by atoms with E-state index in [4.69, 9.17) is 5.14 Å². The molecule has 0 spiro atoms. The highest BCUT2D eigenvalue weighted by atomic mass is 32.2. The second-order valence-electron chi connectivity index (χ2n) is 5.81. The maximum atomic E-state index is 12.2. The molecule has 0 bridgehead atoms. The van der Waals surface area contributed by atoms with E-state index < -0.39 is 10.0 Å². The number of amides is 1. The molecule has 1 aromatic carbocycles. The van der Waals surface area contributed by atoms with Crippen LogP contribution in [0.3, 0.4) is 0 Å². The maximum absolute atomic E-state index is 12.2. The van der Waals surface area contributed by atoms with Gasteiger partial charge in [0, 0.05) is 23.5 Å². The van der Waals surface area contributed by atoms with Gasteiger partial charge in [-0.15, -0.1) is 21.5 Å². The van der Waals surface area contributed by atoms with E-state index in [0.717, 1.165) is 5.82 Å². The number of thiophene rings is 1. The lowest BCUT2D eigenvalue weighted by Gasteiger charge is -2.08. The zero-order chi connectivity index (χ0) is 20.1. The van der Waals surface area contributed by atoms with E-state index in [-0.39, 0.29) is 16.6 Å². The molecule has 1 amide bonds. The van der Waals surface area contributed by atoms with Crippen molar-refractivity contribution in [3.63, 3.8) is 0 Å². The minimum Gasteiger partial charge on any atom is -0.325 e. The second-order valence-corrected chi connectivity index (χ2v) is 9.34. The van der Waals surface area contributed by atoms with Crippen LogP contribution in [-0.2, 0) is 27.8 Å². The molecule has 3 rings (SSSR count). The number of hydrogen-bond acceptors (Lipinski definition) is 7. The highest BCUT2D eigenvalue weighted by Crippen LogP contribution is 2.21. The highest BCUT2D eigenvalue weighted by Gasteiger charge is 2.14. The summed E-state index contributed by atoms with van der Waals surface area (Å²) in [6.45, 7) is 2.73. The molecule has 2 heterocycles. The fourth-order valence-electron chi connectivity index (χ4n) is 2.50. The summed E-state index contributed by atoms with van der Waals surface area (Å²) in [5, 5.41) is 19.0. The molecule has 0 unspecified atom stereocenters. The van der Waals surface area contributed by atoms with E-state index in [1.54, 1.807) is 11.3 Å². The molecular formula is C17H19N5O3S3. The number of nitrogens with one attached hydrogen (secondary N) is 1. The summed E-state index contributed by atoms with van der Waals surface area (Å²) in [5.41, 5.74) is 0.494. The van der Waals surface area contributed by atoms with Gasteiger partial charge in [0.15, 0.2) is 5.16 Å². The first kappa shape index (κ1) is 20.5. The maximum Gasteiger partial charge on any atom is 0.238 e. The molecule has 3 N–H and O–H groups in total. The number of rotatable bonds is 8. The van der Waals surface area contributed by atoms with Crippen molar-refractivity contribution in [2.24, 2.45) is 5.14 Å². The van der Waals surface area contributed by atoms with Gasteiger partial charge in [-0.2, -0.15) is 0 Å². The molecule has 0 fully saturated rings. The van der Waals surface area contributed by atoms with Crippen LogP contribution in [0, 0.1) is 0 Å². The Kier molecular flexibility index (Phi) is 6.50. The van der Waals surface area contributed by atoms with Crippen molar-refractivity contribution in [3.8, 4) is 0 Å². The zero-order valence-corrected chi connectivity index (χ0v) is 17.5. The van der Waals surface area contributed by atoms with E-state index in [0.29, 0.717) is 23.8 Å². The van der Waals surface area contributed by atoms with Gasteiger partial charge in [-0.3, -0.25) is 4.79 Å². The van der Waals surface area contributed by atoms with Crippen molar-refractivity contribution in [3.05, 3.63) is 52.5 Å². The number of primary sulfonamides is 1. The third kappa shape index (κ3) is 5.19. The van der Waals surface area contributed by atoms with Gasteiger partial charge in [0.25, 0.3) is 0 Å². The van der Waals surface area contributed by atoms with E-state index in [1.165, 1.54) is 40.9 Å². The van der Waals surface area contributed by atoms with Crippen molar-refractivity contribution in [1.29, 1.82) is 0 Å². The Morgan fingerprint density at radius 2 is 2.00 bits per heavy atom. The van der Waals surface area contributed by atoms with Crippen LogP contribution in [0.4, 0.5) is 5.69 Å². The lowest BCUT2D eigenvalue weighted by molar-refractivity contribution is -0.113. The summed E-state index contributed by atoms with van der Waals surface area (Å²) in [5.74, 6) is 0.805. The third-order valence-electron chi connectivity index (χ3n) is 3.82. The molecule has 0 saturated heterocycles. The van der Waals surface area contributed by atoms with Gasteiger partial charge in [0.1, 0.15) is 5.82 Å². The number of sulfonamides is 1. The molecule has 2 aromatic heterocycles. The number of hydrogen-bond donors (Lipinski definition) is 2. The minimum atomic E-state index is -3.75. The van der Waals surface area contributed by atoms with Crippen LogP contribution in [0.5, 0.6) is 0 Å².